The van der Waals surface area contributed by atoms with Crippen molar-refractivity contribution in [3.63, 3.8) is 0 Å². The Morgan fingerprint density at radius 1 is 1.21 bits per heavy atom. The molecular formula is C27H34N4O2. The van der Waals surface area contributed by atoms with E-state index in [2.05, 4.69) is 24.1 Å². The predicted molar refractivity (Wildman–Crippen MR) is 126 cm³/mol. The highest BCUT2D eigenvalue weighted by atomic mass is 16.2. The molecule has 2 bridgehead atoms. The van der Waals surface area contributed by atoms with E-state index in [4.69, 9.17) is 0 Å². The maximum Gasteiger partial charge on any atom is 0.274 e. The third kappa shape index (κ3) is 3.08. The lowest BCUT2D eigenvalue weighted by atomic mass is 9.69. The molecule has 2 amide bonds. The molecule has 5 fully saturated rings. The highest BCUT2D eigenvalue weighted by Gasteiger charge is 2.76. The molecule has 3 heterocycles. The van der Waals surface area contributed by atoms with Crippen LogP contribution in [-0.2, 0) is 4.79 Å². The van der Waals surface area contributed by atoms with Crippen LogP contribution in [0, 0.1) is 34.0 Å². The van der Waals surface area contributed by atoms with Gasteiger partial charge in [0.1, 0.15) is 17.2 Å². The standard InChI is InChI=1S/C27H34N4O2/c1-25(2)7-4-8-30(16-25)24(33)20-14-31-21(28-20)5-3-6-22(31)29-23(32)13-26-10-17-9-19(17)27(15-26)12-18(27)11-26/h3,5-6,14,17-19H,4,7-13,15-16H2,1-2H3,(H,29,32). The number of amides is 2. The van der Waals surface area contributed by atoms with Crippen LogP contribution >= 0.6 is 0 Å². The number of imidazole rings is 1. The smallest absolute Gasteiger partial charge is 0.274 e. The van der Waals surface area contributed by atoms with E-state index in [0.29, 0.717) is 29.0 Å². The van der Waals surface area contributed by atoms with Gasteiger partial charge in [0.2, 0.25) is 5.91 Å². The minimum Gasteiger partial charge on any atom is -0.337 e. The number of fused-ring (bicyclic) bond motifs is 3. The van der Waals surface area contributed by atoms with Crippen molar-refractivity contribution in [2.45, 2.75) is 65.2 Å². The first-order chi connectivity index (χ1) is 15.8. The van der Waals surface area contributed by atoms with Gasteiger partial charge in [0.05, 0.1) is 0 Å². The van der Waals surface area contributed by atoms with Crippen molar-refractivity contribution in [3.05, 3.63) is 30.1 Å². The largest absolute Gasteiger partial charge is 0.337 e. The lowest BCUT2D eigenvalue weighted by Gasteiger charge is -2.37. The SMILES string of the molecule is CC1(C)CCCN(C(=O)c2cn3c(NC(=O)CC45CC6CC6C6(CC6C4)C5)cccc3n2)C1. The average molecular weight is 447 g/mol. The van der Waals surface area contributed by atoms with Crippen molar-refractivity contribution in [1.82, 2.24) is 14.3 Å². The minimum absolute atomic E-state index is 0.0145. The second-order valence-electron chi connectivity index (χ2n) is 12.8. The molecule has 0 aromatic carbocycles. The van der Waals surface area contributed by atoms with Crippen LogP contribution in [0.2, 0.25) is 0 Å². The quantitative estimate of drug-likeness (QED) is 0.737. The second kappa shape index (κ2) is 6.39. The predicted octanol–water partition coefficient (Wildman–Crippen LogP) is 4.75. The molecule has 1 saturated heterocycles. The summed E-state index contributed by atoms with van der Waals surface area (Å²) in [5.41, 5.74) is 2.16. The van der Waals surface area contributed by atoms with Crippen LogP contribution < -0.4 is 5.32 Å². The summed E-state index contributed by atoms with van der Waals surface area (Å²) in [5, 5.41) is 3.17. The molecule has 4 aliphatic carbocycles. The van der Waals surface area contributed by atoms with E-state index < -0.39 is 0 Å². The number of nitrogens with one attached hydrogen (secondary N) is 1. The zero-order valence-electron chi connectivity index (χ0n) is 19.8. The Hall–Kier alpha value is -2.37. The monoisotopic (exact) mass is 446 g/mol. The number of carbonyl (C=O) groups excluding carboxylic acids is 2. The normalized spacial score (nSPS) is 37.4. The number of aromatic nitrogens is 2. The van der Waals surface area contributed by atoms with Crippen LogP contribution in [0.15, 0.2) is 24.4 Å². The van der Waals surface area contributed by atoms with Crippen LogP contribution in [-0.4, -0.2) is 39.2 Å². The van der Waals surface area contributed by atoms with Crippen LogP contribution in [0.25, 0.3) is 5.65 Å². The minimum atomic E-state index is -0.0145. The topological polar surface area (TPSA) is 66.7 Å². The molecule has 6 heteroatoms. The molecule has 5 unspecified atom stereocenters. The molecule has 5 aliphatic rings. The van der Waals surface area contributed by atoms with Gasteiger partial charge in [-0.15, -0.1) is 0 Å². The Bertz CT molecular complexity index is 1180. The molecule has 2 aromatic rings. The van der Waals surface area contributed by atoms with E-state index in [9.17, 15) is 9.59 Å². The first kappa shape index (κ1) is 20.0. The molecule has 0 radical (unpaired) electrons. The molecule has 1 aliphatic heterocycles. The Morgan fingerprint density at radius 3 is 2.94 bits per heavy atom. The van der Waals surface area contributed by atoms with Crippen molar-refractivity contribution in [2.75, 3.05) is 18.4 Å². The molecule has 33 heavy (non-hydrogen) atoms. The van der Waals surface area contributed by atoms with Gasteiger partial charge < -0.3 is 10.2 Å². The number of hydrogen-bond acceptors (Lipinski definition) is 3. The van der Waals surface area contributed by atoms with Crippen molar-refractivity contribution >= 4 is 23.3 Å². The molecule has 4 saturated carbocycles. The molecule has 7 rings (SSSR count). The molecule has 2 aromatic heterocycles. The highest BCUT2D eigenvalue weighted by Crippen LogP contribution is 2.84. The fraction of sp³-hybridized carbons (Fsp3) is 0.667. The molecule has 6 nitrogen and oxygen atoms in total. The maximum absolute atomic E-state index is 13.2. The Labute approximate surface area is 195 Å². The summed E-state index contributed by atoms with van der Waals surface area (Å²) in [6.45, 7) is 5.98. The Balaban J connectivity index is 1.09. The summed E-state index contributed by atoms with van der Waals surface area (Å²) in [5.74, 6) is 3.58. The van der Waals surface area contributed by atoms with E-state index in [1.807, 2.05) is 27.5 Å². The molecule has 5 atom stereocenters. The zero-order chi connectivity index (χ0) is 22.6. The first-order valence-corrected chi connectivity index (χ1v) is 12.8. The number of pyridine rings is 1. The lowest BCUT2D eigenvalue weighted by Crippen LogP contribution is -2.43. The number of likely N-dealkylation sites (tertiary alicyclic amines) is 1. The van der Waals surface area contributed by atoms with Gasteiger partial charge in [0.25, 0.3) is 5.91 Å². The second-order valence-corrected chi connectivity index (χ2v) is 12.8. The number of piperidine rings is 1. The van der Waals surface area contributed by atoms with E-state index >= 15 is 0 Å². The van der Waals surface area contributed by atoms with E-state index in [-0.39, 0.29) is 22.6 Å². The molecular weight excluding hydrogens is 412 g/mol. The van der Waals surface area contributed by atoms with Gasteiger partial charge >= 0.3 is 0 Å². The van der Waals surface area contributed by atoms with Crippen LogP contribution in [0.1, 0.15) is 75.7 Å². The summed E-state index contributed by atoms with van der Waals surface area (Å²) >= 11 is 0. The van der Waals surface area contributed by atoms with Crippen LogP contribution in [0.4, 0.5) is 5.82 Å². The van der Waals surface area contributed by atoms with Crippen LogP contribution in [0.3, 0.4) is 0 Å². The summed E-state index contributed by atoms with van der Waals surface area (Å²) < 4.78 is 1.86. The van der Waals surface area contributed by atoms with Crippen molar-refractivity contribution < 1.29 is 9.59 Å². The molecule has 1 spiro atoms. The lowest BCUT2D eigenvalue weighted by molar-refractivity contribution is -0.119. The van der Waals surface area contributed by atoms with Crippen molar-refractivity contribution in [2.24, 2.45) is 34.0 Å². The summed E-state index contributed by atoms with van der Waals surface area (Å²) in [4.78, 5) is 32.9. The fourth-order valence-electron chi connectivity index (χ4n) is 8.37. The van der Waals surface area contributed by atoms with Crippen molar-refractivity contribution in [1.29, 1.82) is 0 Å². The van der Waals surface area contributed by atoms with Gasteiger partial charge in [-0.3, -0.25) is 14.0 Å². The third-order valence-corrected chi connectivity index (χ3v) is 9.72. The summed E-state index contributed by atoms with van der Waals surface area (Å²) in [6.07, 6.45) is 11.2. The zero-order valence-corrected chi connectivity index (χ0v) is 19.8. The highest BCUT2D eigenvalue weighted by molar-refractivity contribution is 5.94. The maximum atomic E-state index is 13.2. The number of rotatable bonds is 4. The van der Waals surface area contributed by atoms with Gasteiger partial charge in [0, 0.05) is 25.7 Å². The van der Waals surface area contributed by atoms with Gasteiger partial charge in [0.15, 0.2) is 0 Å². The number of hydrogen-bond donors (Lipinski definition) is 1. The van der Waals surface area contributed by atoms with Gasteiger partial charge in [-0.2, -0.15) is 0 Å². The van der Waals surface area contributed by atoms with E-state index in [1.54, 1.807) is 6.20 Å². The number of carbonyl (C=O) groups is 2. The first-order valence-electron chi connectivity index (χ1n) is 12.8. The number of nitrogens with zero attached hydrogens (tertiary/aromatic N) is 3. The molecule has 174 valence electrons. The van der Waals surface area contributed by atoms with Gasteiger partial charge in [-0.1, -0.05) is 19.9 Å². The van der Waals surface area contributed by atoms with Gasteiger partial charge in [-0.05, 0) is 91.1 Å². The Kier molecular flexibility index (Phi) is 3.88. The van der Waals surface area contributed by atoms with Crippen LogP contribution in [0.5, 0.6) is 0 Å². The summed E-state index contributed by atoms with van der Waals surface area (Å²) in [6, 6.07) is 5.71. The summed E-state index contributed by atoms with van der Waals surface area (Å²) in [7, 11) is 0. The number of anilines is 1. The Morgan fingerprint density at radius 2 is 2.09 bits per heavy atom. The van der Waals surface area contributed by atoms with Crippen molar-refractivity contribution in [3.8, 4) is 0 Å². The fourth-order valence-corrected chi connectivity index (χ4v) is 8.37. The van der Waals surface area contributed by atoms with Gasteiger partial charge in [-0.25, -0.2) is 4.98 Å². The third-order valence-electron chi connectivity index (χ3n) is 9.72. The van der Waals surface area contributed by atoms with E-state index in [1.165, 1.54) is 32.1 Å². The average Bonchev–Trinajstić information content (AvgIpc) is 3.58. The van der Waals surface area contributed by atoms with E-state index in [0.717, 1.165) is 43.7 Å². The molecule has 1 N–H and O–H groups in total.